The highest BCUT2D eigenvalue weighted by Crippen LogP contribution is 2.18. The fourth-order valence-corrected chi connectivity index (χ4v) is 1.44. The van der Waals surface area contributed by atoms with Crippen molar-refractivity contribution in [3.8, 4) is 5.88 Å². The van der Waals surface area contributed by atoms with Crippen molar-refractivity contribution in [2.45, 2.75) is 33.3 Å². The molecular weight excluding hydrogens is 219 g/mol. The van der Waals surface area contributed by atoms with Crippen molar-refractivity contribution in [2.24, 2.45) is 5.92 Å². The van der Waals surface area contributed by atoms with Gasteiger partial charge in [-0.15, -0.1) is 0 Å². The minimum Gasteiger partial charge on any atom is -0.472 e. The normalized spacial score (nSPS) is 12.9. The summed E-state index contributed by atoms with van der Waals surface area (Å²) >= 11 is 5.54. The predicted octanol–water partition coefficient (Wildman–Crippen LogP) is 3.08. The summed E-state index contributed by atoms with van der Waals surface area (Å²) < 4.78 is 18.5. The molecule has 0 N–H and O–H groups in total. The quantitative estimate of drug-likeness (QED) is 0.749. The molecule has 1 aromatic rings. The molecule has 0 saturated heterocycles. The van der Waals surface area contributed by atoms with Gasteiger partial charge in [-0.25, -0.2) is 4.98 Å². The van der Waals surface area contributed by atoms with Crippen LogP contribution in [0, 0.1) is 11.7 Å². The Labute approximate surface area is 93.6 Å². The lowest BCUT2D eigenvalue weighted by Gasteiger charge is -2.15. The first-order valence-electron chi connectivity index (χ1n) is 4.83. The van der Waals surface area contributed by atoms with Crippen molar-refractivity contribution in [3.05, 3.63) is 17.3 Å². The molecule has 0 fully saturated rings. The minimum atomic E-state index is -0.588. The Hall–Kier alpha value is -0.900. The van der Waals surface area contributed by atoms with E-state index in [4.69, 9.17) is 16.3 Å². The van der Waals surface area contributed by atoms with Crippen molar-refractivity contribution >= 4 is 11.6 Å². The summed E-state index contributed by atoms with van der Waals surface area (Å²) in [5.74, 6) is -0.182. The van der Waals surface area contributed by atoms with E-state index in [1.54, 1.807) is 0 Å². The fourth-order valence-electron chi connectivity index (χ4n) is 1.32. The SMILES string of the molecule is CC(C)CC(C)Oc1nc(Cl)ncc1F. The Balaban J connectivity index is 2.67. The monoisotopic (exact) mass is 232 g/mol. The number of nitrogens with zero attached hydrogens (tertiary/aromatic N) is 2. The molecule has 0 bridgehead atoms. The van der Waals surface area contributed by atoms with Crippen LogP contribution in [-0.4, -0.2) is 16.1 Å². The minimum absolute atomic E-state index is 0.0110. The molecule has 0 saturated carbocycles. The lowest BCUT2D eigenvalue weighted by molar-refractivity contribution is 0.176. The Morgan fingerprint density at radius 3 is 2.73 bits per heavy atom. The molecule has 1 heterocycles. The second-order valence-electron chi connectivity index (χ2n) is 3.85. The third-order valence-electron chi connectivity index (χ3n) is 1.80. The summed E-state index contributed by atoms with van der Waals surface area (Å²) in [6.07, 6.45) is 1.75. The summed E-state index contributed by atoms with van der Waals surface area (Å²) in [6.45, 7) is 6.02. The summed E-state index contributed by atoms with van der Waals surface area (Å²) in [5, 5.41) is -0.0110. The van der Waals surface area contributed by atoms with E-state index in [0.717, 1.165) is 12.6 Å². The molecule has 1 atom stereocenters. The summed E-state index contributed by atoms with van der Waals surface area (Å²) in [4.78, 5) is 7.18. The van der Waals surface area contributed by atoms with Gasteiger partial charge < -0.3 is 4.74 Å². The average molecular weight is 233 g/mol. The van der Waals surface area contributed by atoms with E-state index in [9.17, 15) is 4.39 Å². The molecular formula is C10H14ClFN2O. The lowest BCUT2D eigenvalue weighted by Crippen LogP contribution is -2.16. The predicted molar refractivity (Wildman–Crippen MR) is 56.5 cm³/mol. The van der Waals surface area contributed by atoms with Crippen LogP contribution in [0.4, 0.5) is 4.39 Å². The Morgan fingerprint density at radius 2 is 2.13 bits per heavy atom. The maximum atomic E-state index is 13.2. The highest BCUT2D eigenvalue weighted by atomic mass is 35.5. The highest BCUT2D eigenvalue weighted by molar-refractivity contribution is 6.28. The average Bonchev–Trinajstić information content (AvgIpc) is 2.10. The molecule has 0 radical (unpaired) electrons. The van der Waals surface area contributed by atoms with Crippen molar-refractivity contribution in [1.29, 1.82) is 0 Å². The molecule has 0 aliphatic heterocycles. The number of hydrogen-bond acceptors (Lipinski definition) is 3. The van der Waals surface area contributed by atoms with Gasteiger partial charge in [0.15, 0.2) is 0 Å². The molecule has 3 nitrogen and oxygen atoms in total. The van der Waals surface area contributed by atoms with Crippen molar-refractivity contribution in [2.75, 3.05) is 0 Å². The molecule has 1 unspecified atom stereocenters. The van der Waals surface area contributed by atoms with Crippen LogP contribution in [-0.2, 0) is 0 Å². The third kappa shape index (κ3) is 4.00. The summed E-state index contributed by atoms with van der Waals surface area (Å²) in [7, 11) is 0. The van der Waals surface area contributed by atoms with E-state index in [0.29, 0.717) is 5.92 Å². The van der Waals surface area contributed by atoms with Gasteiger partial charge in [-0.05, 0) is 30.9 Å². The Bertz CT molecular complexity index is 333. The molecule has 0 aromatic carbocycles. The van der Waals surface area contributed by atoms with Crippen molar-refractivity contribution < 1.29 is 9.13 Å². The van der Waals surface area contributed by atoms with E-state index < -0.39 is 5.82 Å². The number of hydrogen-bond donors (Lipinski definition) is 0. The maximum Gasteiger partial charge on any atom is 0.255 e. The van der Waals surface area contributed by atoms with Crippen LogP contribution in [0.15, 0.2) is 6.20 Å². The first-order chi connectivity index (χ1) is 6.99. The van der Waals surface area contributed by atoms with Crippen LogP contribution >= 0.6 is 11.6 Å². The number of aromatic nitrogens is 2. The maximum absolute atomic E-state index is 13.2. The molecule has 15 heavy (non-hydrogen) atoms. The van der Waals surface area contributed by atoms with Crippen LogP contribution in [0.2, 0.25) is 5.28 Å². The molecule has 1 rings (SSSR count). The topological polar surface area (TPSA) is 35.0 Å². The second kappa shape index (κ2) is 5.26. The summed E-state index contributed by atoms with van der Waals surface area (Å²) in [5.41, 5.74) is 0. The van der Waals surface area contributed by atoms with Crippen LogP contribution < -0.4 is 4.74 Å². The first kappa shape index (κ1) is 12.2. The largest absolute Gasteiger partial charge is 0.472 e. The van der Waals surface area contributed by atoms with Gasteiger partial charge in [0.25, 0.3) is 5.88 Å². The summed E-state index contributed by atoms with van der Waals surface area (Å²) in [6, 6.07) is 0. The van der Waals surface area contributed by atoms with Crippen LogP contribution in [0.3, 0.4) is 0 Å². The van der Waals surface area contributed by atoms with Gasteiger partial charge in [0, 0.05) is 0 Å². The van der Waals surface area contributed by atoms with E-state index in [-0.39, 0.29) is 17.3 Å². The van der Waals surface area contributed by atoms with E-state index >= 15 is 0 Å². The first-order valence-corrected chi connectivity index (χ1v) is 5.21. The van der Waals surface area contributed by atoms with Crippen molar-refractivity contribution in [1.82, 2.24) is 9.97 Å². The van der Waals surface area contributed by atoms with Gasteiger partial charge in [0.1, 0.15) is 0 Å². The van der Waals surface area contributed by atoms with Gasteiger partial charge in [0.05, 0.1) is 12.3 Å². The lowest BCUT2D eigenvalue weighted by atomic mass is 10.1. The fraction of sp³-hybridized carbons (Fsp3) is 0.600. The number of ether oxygens (including phenoxy) is 1. The van der Waals surface area contributed by atoms with E-state index in [2.05, 4.69) is 23.8 Å². The van der Waals surface area contributed by atoms with Gasteiger partial charge in [-0.2, -0.15) is 9.37 Å². The molecule has 0 aliphatic rings. The Morgan fingerprint density at radius 1 is 1.47 bits per heavy atom. The standard InChI is InChI=1S/C10H14ClFN2O/c1-6(2)4-7(3)15-9-8(12)5-13-10(11)14-9/h5-7H,4H2,1-3H3. The zero-order valence-corrected chi connectivity index (χ0v) is 9.75. The van der Waals surface area contributed by atoms with E-state index in [1.165, 1.54) is 0 Å². The van der Waals surface area contributed by atoms with Gasteiger partial charge in [-0.3, -0.25) is 0 Å². The third-order valence-corrected chi connectivity index (χ3v) is 1.98. The van der Waals surface area contributed by atoms with Crippen molar-refractivity contribution in [3.63, 3.8) is 0 Å². The van der Waals surface area contributed by atoms with Gasteiger partial charge >= 0.3 is 0 Å². The van der Waals surface area contributed by atoms with Gasteiger partial charge in [0.2, 0.25) is 11.1 Å². The highest BCUT2D eigenvalue weighted by Gasteiger charge is 2.12. The molecule has 0 amide bonds. The van der Waals surface area contributed by atoms with Crippen LogP contribution in [0.5, 0.6) is 5.88 Å². The molecule has 0 spiro atoms. The molecule has 84 valence electrons. The second-order valence-corrected chi connectivity index (χ2v) is 4.19. The van der Waals surface area contributed by atoms with Crippen LogP contribution in [0.25, 0.3) is 0 Å². The van der Waals surface area contributed by atoms with E-state index in [1.807, 2.05) is 6.92 Å². The zero-order valence-electron chi connectivity index (χ0n) is 9.00. The molecule has 0 aliphatic carbocycles. The smallest absolute Gasteiger partial charge is 0.255 e. The van der Waals surface area contributed by atoms with Crippen LogP contribution in [0.1, 0.15) is 27.2 Å². The van der Waals surface area contributed by atoms with Gasteiger partial charge in [-0.1, -0.05) is 13.8 Å². The number of halogens is 2. The number of rotatable bonds is 4. The molecule has 1 aromatic heterocycles. The zero-order chi connectivity index (χ0) is 11.4. The Kier molecular flexibility index (Phi) is 4.27. The molecule has 5 heteroatoms.